The number of halogens is 5. The van der Waals surface area contributed by atoms with Gasteiger partial charge in [0, 0.05) is 29.7 Å². The molecule has 10 heteroatoms. The number of carbonyl (C=O) groups excluding carboxylic acids is 1. The first kappa shape index (κ1) is 22.2. The normalized spacial score (nSPS) is 20.5. The summed E-state index contributed by atoms with van der Waals surface area (Å²) in [6.45, 7) is -1.72. The molecule has 0 spiro atoms. The van der Waals surface area contributed by atoms with Crippen LogP contribution in [0, 0.1) is 5.82 Å². The third kappa shape index (κ3) is 5.56. The third-order valence-corrected chi connectivity index (χ3v) is 5.15. The summed E-state index contributed by atoms with van der Waals surface area (Å²) in [5, 5.41) is 6.05. The number of amides is 1. The molecule has 1 aliphatic rings. The summed E-state index contributed by atoms with van der Waals surface area (Å²) in [7, 11) is 0. The lowest BCUT2D eigenvalue weighted by molar-refractivity contribution is -0.0520. The van der Waals surface area contributed by atoms with Gasteiger partial charge in [0.05, 0.1) is 17.1 Å². The van der Waals surface area contributed by atoms with Crippen LogP contribution in [-0.2, 0) is 0 Å². The first-order valence-corrected chi connectivity index (χ1v) is 9.62. The zero-order valence-electron chi connectivity index (χ0n) is 16.2. The standard InChI is InChI=1S/C20H22F5N3O2/c1-10(18(22)23)27-13-2-4-14(5-3-13)28-19(29)12-6-11-7-15(21)17(30-20(24)25)8-16(11)26-9-12/h6-10,13-14,18,20,27H,2-5H2,1H3,(H,28,29). The predicted molar refractivity (Wildman–Crippen MR) is 100 cm³/mol. The van der Waals surface area contributed by atoms with E-state index in [1.807, 2.05) is 0 Å². The van der Waals surface area contributed by atoms with Gasteiger partial charge < -0.3 is 15.4 Å². The van der Waals surface area contributed by atoms with Gasteiger partial charge in [-0.25, -0.2) is 13.2 Å². The lowest BCUT2D eigenvalue weighted by Gasteiger charge is -2.31. The molecule has 164 valence electrons. The summed E-state index contributed by atoms with van der Waals surface area (Å²) in [6, 6.07) is 2.45. The maximum Gasteiger partial charge on any atom is 0.387 e. The average molecular weight is 431 g/mol. The fourth-order valence-electron chi connectivity index (χ4n) is 3.56. The van der Waals surface area contributed by atoms with E-state index in [1.54, 1.807) is 0 Å². The number of pyridine rings is 1. The molecule has 1 heterocycles. The van der Waals surface area contributed by atoms with Crippen LogP contribution < -0.4 is 15.4 Å². The number of benzene rings is 1. The van der Waals surface area contributed by atoms with Crippen LogP contribution in [0.3, 0.4) is 0 Å². The number of alkyl halides is 4. The number of ether oxygens (including phenoxy) is 1. The summed E-state index contributed by atoms with van der Waals surface area (Å²) in [6.07, 6.45) is 1.46. The van der Waals surface area contributed by atoms with Gasteiger partial charge in [-0.3, -0.25) is 9.78 Å². The number of carbonyl (C=O) groups is 1. The van der Waals surface area contributed by atoms with Gasteiger partial charge in [-0.05, 0) is 44.7 Å². The lowest BCUT2D eigenvalue weighted by atomic mass is 9.90. The molecule has 30 heavy (non-hydrogen) atoms. The number of nitrogens with one attached hydrogen (secondary N) is 2. The Kier molecular flexibility index (Phi) is 7.06. The van der Waals surface area contributed by atoms with Gasteiger partial charge in [-0.1, -0.05) is 0 Å². The van der Waals surface area contributed by atoms with E-state index in [1.165, 1.54) is 19.2 Å². The van der Waals surface area contributed by atoms with Crippen LogP contribution in [0.4, 0.5) is 22.0 Å². The van der Waals surface area contributed by atoms with E-state index in [0.717, 1.165) is 12.1 Å². The zero-order valence-corrected chi connectivity index (χ0v) is 16.2. The Morgan fingerprint density at radius 3 is 2.40 bits per heavy atom. The molecule has 1 unspecified atom stereocenters. The smallest absolute Gasteiger partial charge is 0.387 e. The second kappa shape index (κ2) is 9.55. The van der Waals surface area contributed by atoms with Gasteiger partial charge in [-0.15, -0.1) is 0 Å². The highest BCUT2D eigenvalue weighted by Gasteiger charge is 2.26. The molecule has 0 aliphatic heterocycles. The molecular weight excluding hydrogens is 409 g/mol. The van der Waals surface area contributed by atoms with E-state index in [9.17, 15) is 26.7 Å². The summed E-state index contributed by atoms with van der Waals surface area (Å²) in [5.41, 5.74) is 0.416. The molecule has 0 bridgehead atoms. The van der Waals surface area contributed by atoms with Gasteiger partial charge in [0.25, 0.3) is 12.3 Å². The van der Waals surface area contributed by atoms with Crippen molar-refractivity contribution in [1.29, 1.82) is 0 Å². The minimum Gasteiger partial charge on any atom is -0.432 e. The van der Waals surface area contributed by atoms with Crippen LogP contribution in [0.2, 0.25) is 0 Å². The number of aromatic nitrogens is 1. The van der Waals surface area contributed by atoms with Crippen molar-refractivity contribution in [3.63, 3.8) is 0 Å². The van der Waals surface area contributed by atoms with Crippen molar-refractivity contribution in [2.24, 2.45) is 0 Å². The molecule has 1 aromatic heterocycles. The molecule has 5 nitrogen and oxygen atoms in total. The van der Waals surface area contributed by atoms with Gasteiger partial charge in [0.1, 0.15) is 0 Å². The highest BCUT2D eigenvalue weighted by atomic mass is 19.3. The van der Waals surface area contributed by atoms with Gasteiger partial charge in [0.15, 0.2) is 11.6 Å². The minimum atomic E-state index is -3.16. The van der Waals surface area contributed by atoms with Crippen molar-refractivity contribution in [1.82, 2.24) is 15.6 Å². The van der Waals surface area contributed by atoms with Crippen molar-refractivity contribution >= 4 is 16.8 Å². The summed E-state index contributed by atoms with van der Waals surface area (Å²) in [4.78, 5) is 16.6. The Balaban J connectivity index is 1.60. The first-order valence-electron chi connectivity index (χ1n) is 9.62. The Morgan fingerprint density at radius 2 is 1.77 bits per heavy atom. The monoisotopic (exact) mass is 431 g/mol. The quantitative estimate of drug-likeness (QED) is 0.643. The van der Waals surface area contributed by atoms with Crippen LogP contribution in [0.25, 0.3) is 10.9 Å². The highest BCUT2D eigenvalue weighted by molar-refractivity contribution is 5.97. The Bertz CT molecular complexity index is 888. The molecule has 3 rings (SSSR count). The molecule has 1 aromatic carbocycles. The van der Waals surface area contributed by atoms with Gasteiger partial charge >= 0.3 is 6.61 Å². The zero-order chi connectivity index (χ0) is 21.8. The van der Waals surface area contributed by atoms with Crippen LogP contribution in [0.1, 0.15) is 43.0 Å². The summed E-state index contributed by atoms with van der Waals surface area (Å²) < 4.78 is 67.9. The lowest BCUT2D eigenvalue weighted by Crippen LogP contribution is -2.46. The third-order valence-electron chi connectivity index (χ3n) is 5.15. The Labute approximate surface area is 170 Å². The van der Waals surface area contributed by atoms with Crippen molar-refractivity contribution in [3.05, 3.63) is 35.8 Å². The molecule has 2 aromatic rings. The molecule has 1 atom stereocenters. The van der Waals surface area contributed by atoms with E-state index in [4.69, 9.17) is 0 Å². The van der Waals surface area contributed by atoms with E-state index < -0.39 is 36.6 Å². The van der Waals surface area contributed by atoms with E-state index >= 15 is 0 Å². The average Bonchev–Trinajstić information content (AvgIpc) is 2.69. The fraction of sp³-hybridized carbons (Fsp3) is 0.500. The second-order valence-corrected chi connectivity index (χ2v) is 7.39. The SMILES string of the molecule is CC(NC1CCC(NC(=O)c2cnc3cc(OC(F)F)c(F)cc3c2)CC1)C(F)F. The number of hydrogen-bond acceptors (Lipinski definition) is 4. The van der Waals surface area contributed by atoms with Crippen molar-refractivity contribution in [2.45, 2.75) is 63.8 Å². The highest BCUT2D eigenvalue weighted by Crippen LogP contribution is 2.26. The fourth-order valence-corrected chi connectivity index (χ4v) is 3.56. The van der Waals surface area contributed by atoms with Gasteiger partial charge in [0.2, 0.25) is 0 Å². The minimum absolute atomic E-state index is 0.0166. The van der Waals surface area contributed by atoms with Gasteiger partial charge in [-0.2, -0.15) is 8.78 Å². The largest absolute Gasteiger partial charge is 0.432 e. The molecule has 2 N–H and O–H groups in total. The number of hydrogen-bond donors (Lipinski definition) is 2. The maximum absolute atomic E-state index is 13.9. The molecule has 1 saturated carbocycles. The van der Waals surface area contributed by atoms with Crippen LogP contribution in [-0.4, -0.2) is 42.1 Å². The maximum atomic E-state index is 13.9. The molecule has 1 fully saturated rings. The molecule has 1 amide bonds. The molecule has 0 radical (unpaired) electrons. The van der Waals surface area contributed by atoms with E-state index in [-0.39, 0.29) is 28.6 Å². The molecular formula is C20H22F5N3O2. The summed E-state index contributed by atoms with van der Waals surface area (Å²) in [5.74, 6) is -1.99. The predicted octanol–water partition coefficient (Wildman–Crippen LogP) is 4.26. The van der Waals surface area contributed by atoms with Crippen molar-refractivity contribution in [3.8, 4) is 5.75 Å². The van der Waals surface area contributed by atoms with Crippen molar-refractivity contribution in [2.75, 3.05) is 0 Å². The Hall–Kier alpha value is -2.49. The Morgan fingerprint density at radius 1 is 1.10 bits per heavy atom. The van der Waals surface area contributed by atoms with E-state index in [2.05, 4.69) is 20.4 Å². The van der Waals surface area contributed by atoms with Crippen LogP contribution in [0.15, 0.2) is 24.4 Å². The van der Waals surface area contributed by atoms with E-state index in [0.29, 0.717) is 25.7 Å². The molecule has 0 saturated heterocycles. The number of nitrogens with zero attached hydrogens (tertiary/aromatic N) is 1. The number of fused-ring (bicyclic) bond motifs is 1. The van der Waals surface area contributed by atoms with Crippen LogP contribution >= 0.6 is 0 Å². The summed E-state index contributed by atoms with van der Waals surface area (Å²) >= 11 is 0. The molecule has 1 aliphatic carbocycles. The topological polar surface area (TPSA) is 63.2 Å². The first-order chi connectivity index (χ1) is 14.2. The van der Waals surface area contributed by atoms with Crippen LogP contribution in [0.5, 0.6) is 5.75 Å². The second-order valence-electron chi connectivity index (χ2n) is 7.39. The number of rotatable bonds is 7. The van der Waals surface area contributed by atoms with Crippen molar-refractivity contribution < 1.29 is 31.5 Å².